The summed E-state index contributed by atoms with van der Waals surface area (Å²) in [6, 6.07) is 11.0. The van der Waals surface area contributed by atoms with Gasteiger partial charge in [0.25, 0.3) is 5.89 Å². The molecule has 0 saturated carbocycles. The van der Waals surface area contributed by atoms with Gasteiger partial charge in [-0.25, -0.2) is 13.6 Å². The van der Waals surface area contributed by atoms with E-state index in [-0.39, 0.29) is 17.7 Å². The van der Waals surface area contributed by atoms with Crippen molar-refractivity contribution in [3.05, 3.63) is 77.3 Å². The normalized spacial score (nSPS) is 16.6. The van der Waals surface area contributed by atoms with E-state index in [1.165, 1.54) is 24.3 Å². The number of urea groups is 1. The quantitative estimate of drug-likeness (QED) is 0.582. The van der Waals surface area contributed by atoms with Crippen molar-refractivity contribution < 1.29 is 18.1 Å². The van der Waals surface area contributed by atoms with Gasteiger partial charge in [0.15, 0.2) is 0 Å². The van der Waals surface area contributed by atoms with Gasteiger partial charge in [-0.3, -0.25) is 4.90 Å². The standard InChI is InChI=1S/C23H22F2N4O2/c1-3-4-11-29-14(2)19(20(26-23(29)30)15-7-5-9-17(24)12-15)22-27-21(28-31-22)16-8-6-10-18(25)13-16/h5-10,12-13,20H,3-4,11H2,1-2H3,(H,26,30). The molecule has 0 spiro atoms. The maximum Gasteiger partial charge on any atom is 0.322 e. The summed E-state index contributed by atoms with van der Waals surface area (Å²) in [5.41, 5.74) is 2.26. The molecular formula is C23H22F2N4O2. The average Bonchev–Trinajstić information content (AvgIpc) is 3.23. The van der Waals surface area contributed by atoms with Gasteiger partial charge in [0.1, 0.15) is 11.6 Å². The Labute approximate surface area is 178 Å². The number of carbonyl (C=O) groups excluding carboxylic acids is 1. The number of rotatable bonds is 6. The maximum absolute atomic E-state index is 13.9. The van der Waals surface area contributed by atoms with Crippen molar-refractivity contribution in [2.75, 3.05) is 6.54 Å². The van der Waals surface area contributed by atoms with Gasteiger partial charge in [0.05, 0.1) is 11.6 Å². The average molecular weight is 424 g/mol. The van der Waals surface area contributed by atoms with Crippen LogP contribution in [0.25, 0.3) is 17.0 Å². The Morgan fingerprint density at radius 1 is 1.13 bits per heavy atom. The van der Waals surface area contributed by atoms with Gasteiger partial charge in [-0.15, -0.1) is 0 Å². The summed E-state index contributed by atoms with van der Waals surface area (Å²) in [6.07, 6.45) is 1.74. The molecule has 160 valence electrons. The Morgan fingerprint density at radius 3 is 2.58 bits per heavy atom. The number of carbonyl (C=O) groups is 1. The summed E-state index contributed by atoms with van der Waals surface area (Å²) < 4.78 is 33.1. The molecule has 2 heterocycles. The van der Waals surface area contributed by atoms with Crippen LogP contribution in [0, 0.1) is 11.6 Å². The van der Waals surface area contributed by atoms with Gasteiger partial charge >= 0.3 is 6.03 Å². The first-order valence-corrected chi connectivity index (χ1v) is 10.1. The molecule has 1 aliphatic heterocycles. The second-order valence-electron chi connectivity index (χ2n) is 7.38. The zero-order chi connectivity index (χ0) is 22.0. The molecule has 1 aromatic heterocycles. The zero-order valence-electron chi connectivity index (χ0n) is 17.2. The van der Waals surface area contributed by atoms with E-state index in [0.29, 0.717) is 28.9 Å². The zero-order valence-corrected chi connectivity index (χ0v) is 17.2. The third-order valence-electron chi connectivity index (χ3n) is 5.25. The smallest absolute Gasteiger partial charge is 0.322 e. The number of nitrogens with zero attached hydrogens (tertiary/aromatic N) is 3. The van der Waals surface area contributed by atoms with Gasteiger partial charge in [-0.1, -0.05) is 42.8 Å². The number of allylic oxidation sites excluding steroid dienone is 1. The van der Waals surface area contributed by atoms with Crippen LogP contribution < -0.4 is 5.32 Å². The van der Waals surface area contributed by atoms with Crippen LogP contribution in [-0.4, -0.2) is 27.6 Å². The van der Waals surface area contributed by atoms with Crippen molar-refractivity contribution in [1.29, 1.82) is 0 Å². The van der Waals surface area contributed by atoms with E-state index < -0.39 is 17.7 Å². The molecule has 2 amide bonds. The van der Waals surface area contributed by atoms with Gasteiger partial charge in [-0.2, -0.15) is 4.98 Å². The first-order chi connectivity index (χ1) is 15.0. The minimum Gasteiger partial charge on any atom is -0.334 e. The molecule has 1 atom stereocenters. The Kier molecular flexibility index (Phi) is 5.79. The van der Waals surface area contributed by atoms with Crippen LogP contribution in [0.2, 0.25) is 0 Å². The van der Waals surface area contributed by atoms with Crippen LogP contribution in [-0.2, 0) is 0 Å². The topological polar surface area (TPSA) is 71.3 Å². The SMILES string of the molecule is CCCCN1C(=O)NC(c2cccc(F)c2)C(c2nc(-c3cccc(F)c3)no2)=C1C. The number of unbranched alkanes of at least 4 members (excludes halogenated alkanes) is 1. The lowest BCUT2D eigenvalue weighted by Crippen LogP contribution is -2.46. The highest BCUT2D eigenvalue weighted by Crippen LogP contribution is 2.37. The highest BCUT2D eigenvalue weighted by molar-refractivity contribution is 5.86. The second kappa shape index (κ2) is 8.67. The molecule has 0 radical (unpaired) electrons. The van der Waals surface area contributed by atoms with Crippen molar-refractivity contribution in [1.82, 2.24) is 20.4 Å². The van der Waals surface area contributed by atoms with Crippen LogP contribution >= 0.6 is 0 Å². The van der Waals surface area contributed by atoms with E-state index in [1.807, 2.05) is 13.8 Å². The largest absolute Gasteiger partial charge is 0.334 e. The third-order valence-corrected chi connectivity index (χ3v) is 5.25. The lowest BCUT2D eigenvalue weighted by Gasteiger charge is -2.35. The fraction of sp³-hybridized carbons (Fsp3) is 0.261. The van der Waals surface area contributed by atoms with Gasteiger partial charge < -0.3 is 9.84 Å². The predicted molar refractivity (Wildman–Crippen MR) is 112 cm³/mol. The third kappa shape index (κ3) is 4.19. The van der Waals surface area contributed by atoms with Gasteiger partial charge in [-0.05, 0) is 43.2 Å². The molecule has 1 N–H and O–H groups in total. The van der Waals surface area contributed by atoms with Crippen molar-refractivity contribution in [3.8, 4) is 11.4 Å². The van der Waals surface area contributed by atoms with E-state index in [0.717, 1.165) is 12.8 Å². The van der Waals surface area contributed by atoms with Crippen LogP contribution in [0.4, 0.5) is 13.6 Å². The van der Waals surface area contributed by atoms with E-state index in [9.17, 15) is 13.6 Å². The molecule has 31 heavy (non-hydrogen) atoms. The first kappa shape index (κ1) is 20.7. The molecule has 0 fully saturated rings. The van der Waals surface area contributed by atoms with Crippen molar-refractivity contribution in [2.24, 2.45) is 0 Å². The molecule has 0 bridgehead atoms. The fourth-order valence-corrected chi connectivity index (χ4v) is 3.66. The minimum atomic E-state index is -0.665. The van der Waals surface area contributed by atoms with E-state index >= 15 is 0 Å². The molecular weight excluding hydrogens is 402 g/mol. The summed E-state index contributed by atoms with van der Waals surface area (Å²) in [7, 11) is 0. The minimum absolute atomic E-state index is 0.188. The number of amides is 2. The highest BCUT2D eigenvalue weighted by atomic mass is 19.1. The van der Waals surface area contributed by atoms with Crippen LogP contribution in [0.1, 0.15) is 44.2 Å². The Morgan fingerprint density at radius 2 is 1.87 bits per heavy atom. The fourth-order valence-electron chi connectivity index (χ4n) is 3.66. The number of nitrogens with one attached hydrogen (secondary N) is 1. The monoisotopic (exact) mass is 424 g/mol. The Balaban J connectivity index is 1.81. The molecule has 1 unspecified atom stereocenters. The molecule has 4 rings (SSSR count). The summed E-state index contributed by atoms with van der Waals surface area (Å²) in [4.78, 5) is 18.9. The molecule has 2 aromatic carbocycles. The highest BCUT2D eigenvalue weighted by Gasteiger charge is 2.35. The number of aromatic nitrogens is 2. The van der Waals surface area contributed by atoms with Crippen molar-refractivity contribution in [3.63, 3.8) is 0 Å². The van der Waals surface area contributed by atoms with Crippen LogP contribution in [0.5, 0.6) is 0 Å². The maximum atomic E-state index is 13.9. The van der Waals surface area contributed by atoms with E-state index in [1.54, 1.807) is 29.2 Å². The molecule has 8 heteroatoms. The lowest BCUT2D eigenvalue weighted by atomic mass is 9.94. The second-order valence-corrected chi connectivity index (χ2v) is 7.38. The van der Waals surface area contributed by atoms with Gasteiger partial charge in [0.2, 0.25) is 5.82 Å². The number of hydrogen-bond acceptors (Lipinski definition) is 4. The molecule has 0 aliphatic carbocycles. The Hall–Kier alpha value is -3.55. The van der Waals surface area contributed by atoms with Gasteiger partial charge in [0, 0.05) is 17.8 Å². The summed E-state index contributed by atoms with van der Waals surface area (Å²) >= 11 is 0. The van der Waals surface area contributed by atoms with E-state index in [4.69, 9.17) is 4.52 Å². The van der Waals surface area contributed by atoms with Crippen LogP contribution in [0.15, 0.2) is 58.8 Å². The summed E-state index contributed by atoms with van der Waals surface area (Å²) in [5.74, 6) is -0.409. The number of benzene rings is 2. The van der Waals surface area contributed by atoms with Crippen molar-refractivity contribution >= 4 is 11.6 Å². The lowest BCUT2D eigenvalue weighted by molar-refractivity contribution is 0.204. The summed E-state index contributed by atoms with van der Waals surface area (Å²) in [5, 5.41) is 6.93. The molecule has 1 aliphatic rings. The molecule has 3 aromatic rings. The van der Waals surface area contributed by atoms with Crippen molar-refractivity contribution in [2.45, 2.75) is 32.7 Å². The first-order valence-electron chi connectivity index (χ1n) is 10.1. The molecule has 6 nitrogen and oxygen atoms in total. The molecule has 0 saturated heterocycles. The number of halogens is 2. The van der Waals surface area contributed by atoms with E-state index in [2.05, 4.69) is 15.5 Å². The Bertz CT molecular complexity index is 1140. The summed E-state index contributed by atoms with van der Waals surface area (Å²) in [6.45, 7) is 4.38. The van der Waals surface area contributed by atoms with Crippen LogP contribution in [0.3, 0.4) is 0 Å². The number of hydrogen-bond donors (Lipinski definition) is 1. The predicted octanol–water partition coefficient (Wildman–Crippen LogP) is 5.31.